The van der Waals surface area contributed by atoms with Crippen LogP contribution < -0.4 is 10.2 Å². The summed E-state index contributed by atoms with van der Waals surface area (Å²) in [5.41, 5.74) is 0.362. The summed E-state index contributed by atoms with van der Waals surface area (Å²) in [5, 5.41) is 2.73. The van der Waals surface area contributed by atoms with Gasteiger partial charge in [-0.25, -0.2) is 9.37 Å². The van der Waals surface area contributed by atoms with Gasteiger partial charge in [0.15, 0.2) is 11.6 Å². The number of halogens is 1. The Bertz CT molecular complexity index is 379. The highest BCUT2D eigenvalue weighted by Crippen LogP contribution is 2.18. The summed E-state index contributed by atoms with van der Waals surface area (Å²) in [5.74, 6) is 0.417. The fraction of sp³-hybridized carbons (Fsp3) is 0.600. The first-order valence-corrected chi connectivity index (χ1v) is 5.27. The molecule has 5 nitrogen and oxygen atoms in total. The van der Waals surface area contributed by atoms with E-state index in [2.05, 4.69) is 15.3 Å². The van der Waals surface area contributed by atoms with Crippen molar-refractivity contribution in [2.75, 3.05) is 43.6 Å². The molecule has 0 radical (unpaired) electrons. The standard InChI is InChI=1S/C10H15FN4O/c1-7-8(11)9(12-2)14-10(13-7)15-3-5-16-6-4-15/h3-6H2,1-2H3,(H,12,13,14). The number of rotatable bonds is 2. The number of morpholine rings is 1. The van der Waals surface area contributed by atoms with Crippen molar-refractivity contribution in [3.63, 3.8) is 0 Å². The molecular formula is C10H15FN4O. The highest BCUT2D eigenvalue weighted by Gasteiger charge is 2.17. The third-order valence-corrected chi connectivity index (χ3v) is 2.54. The second kappa shape index (κ2) is 4.61. The lowest BCUT2D eigenvalue weighted by Crippen LogP contribution is -2.37. The van der Waals surface area contributed by atoms with E-state index in [0.717, 1.165) is 13.1 Å². The van der Waals surface area contributed by atoms with Crippen molar-refractivity contribution >= 4 is 11.8 Å². The maximum atomic E-state index is 13.5. The van der Waals surface area contributed by atoms with Gasteiger partial charge in [-0.15, -0.1) is 0 Å². The maximum Gasteiger partial charge on any atom is 0.227 e. The molecule has 1 aromatic heterocycles. The minimum absolute atomic E-state index is 0.244. The van der Waals surface area contributed by atoms with E-state index >= 15 is 0 Å². The number of nitrogens with zero attached hydrogens (tertiary/aromatic N) is 3. The van der Waals surface area contributed by atoms with Crippen molar-refractivity contribution in [3.8, 4) is 0 Å². The van der Waals surface area contributed by atoms with Crippen LogP contribution in [0, 0.1) is 12.7 Å². The normalized spacial score (nSPS) is 16.3. The van der Waals surface area contributed by atoms with Gasteiger partial charge in [-0.2, -0.15) is 4.98 Å². The molecule has 16 heavy (non-hydrogen) atoms. The second-order valence-corrected chi connectivity index (χ2v) is 3.62. The Hall–Kier alpha value is -1.43. The van der Waals surface area contributed by atoms with E-state index < -0.39 is 0 Å². The smallest absolute Gasteiger partial charge is 0.227 e. The van der Waals surface area contributed by atoms with Crippen LogP contribution in [-0.2, 0) is 4.74 Å². The molecular weight excluding hydrogens is 211 g/mol. The predicted molar refractivity (Wildman–Crippen MR) is 59.3 cm³/mol. The Kier molecular flexibility index (Phi) is 3.19. The van der Waals surface area contributed by atoms with Gasteiger partial charge < -0.3 is 15.0 Å². The number of anilines is 2. The van der Waals surface area contributed by atoms with Gasteiger partial charge in [0.2, 0.25) is 5.95 Å². The van der Waals surface area contributed by atoms with Crippen LogP contribution >= 0.6 is 0 Å². The molecule has 0 aliphatic carbocycles. The molecule has 2 heterocycles. The summed E-state index contributed by atoms with van der Waals surface area (Å²) >= 11 is 0. The highest BCUT2D eigenvalue weighted by molar-refractivity contribution is 5.44. The molecule has 1 aliphatic heterocycles. The zero-order chi connectivity index (χ0) is 11.5. The van der Waals surface area contributed by atoms with Gasteiger partial charge in [-0.1, -0.05) is 0 Å². The molecule has 0 atom stereocenters. The Labute approximate surface area is 93.6 Å². The van der Waals surface area contributed by atoms with E-state index in [4.69, 9.17) is 4.74 Å². The van der Waals surface area contributed by atoms with Crippen molar-refractivity contribution < 1.29 is 9.13 Å². The van der Waals surface area contributed by atoms with E-state index in [9.17, 15) is 4.39 Å². The van der Waals surface area contributed by atoms with Crippen LogP contribution in [0.15, 0.2) is 0 Å². The maximum absolute atomic E-state index is 13.5. The minimum atomic E-state index is -0.389. The molecule has 0 unspecified atom stereocenters. The van der Waals surface area contributed by atoms with Crippen molar-refractivity contribution in [3.05, 3.63) is 11.5 Å². The summed E-state index contributed by atoms with van der Waals surface area (Å²) in [6, 6.07) is 0. The number of aromatic nitrogens is 2. The van der Waals surface area contributed by atoms with Crippen molar-refractivity contribution in [1.29, 1.82) is 0 Å². The van der Waals surface area contributed by atoms with Crippen LogP contribution in [0.5, 0.6) is 0 Å². The first kappa shape index (κ1) is 11.1. The van der Waals surface area contributed by atoms with E-state index in [1.165, 1.54) is 0 Å². The van der Waals surface area contributed by atoms with Crippen molar-refractivity contribution in [2.45, 2.75) is 6.92 Å². The van der Waals surface area contributed by atoms with Crippen LogP contribution in [0.1, 0.15) is 5.69 Å². The lowest BCUT2D eigenvalue weighted by atomic mass is 10.4. The molecule has 6 heteroatoms. The third kappa shape index (κ3) is 2.06. The summed E-state index contributed by atoms with van der Waals surface area (Å²) in [6.45, 7) is 4.45. The monoisotopic (exact) mass is 226 g/mol. The van der Waals surface area contributed by atoms with Crippen molar-refractivity contribution in [2.24, 2.45) is 0 Å². The van der Waals surface area contributed by atoms with Crippen LogP contribution in [0.2, 0.25) is 0 Å². The Morgan fingerprint density at radius 2 is 2.00 bits per heavy atom. The highest BCUT2D eigenvalue weighted by atomic mass is 19.1. The zero-order valence-corrected chi connectivity index (χ0v) is 9.46. The number of ether oxygens (including phenoxy) is 1. The van der Waals surface area contributed by atoms with Crippen LogP contribution in [0.3, 0.4) is 0 Å². The lowest BCUT2D eigenvalue weighted by molar-refractivity contribution is 0.122. The first-order chi connectivity index (χ1) is 7.72. The van der Waals surface area contributed by atoms with Crippen molar-refractivity contribution in [1.82, 2.24) is 9.97 Å². The number of hydrogen-bond acceptors (Lipinski definition) is 5. The zero-order valence-electron chi connectivity index (χ0n) is 9.46. The molecule has 0 bridgehead atoms. The number of aryl methyl sites for hydroxylation is 1. The number of nitrogens with one attached hydrogen (secondary N) is 1. The van der Waals surface area contributed by atoms with Gasteiger partial charge in [-0.3, -0.25) is 0 Å². The van der Waals surface area contributed by atoms with E-state index in [1.807, 2.05) is 4.90 Å². The summed E-state index contributed by atoms with van der Waals surface area (Å²) in [7, 11) is 1.65. The first-order valence-electron chi connectivity index (χ1n) is 5.27. The Morgan fingerprint density at radius 1 is 1.31 bits per heavy atom. The van der Waals surface area contributed by atoms with Gasteiger partial charge in [0.25, 0.3) is 0 Å². The fourth-order valence-electron chi connectivity index (χ4n) is 1.61. The van der Waals surface area contributed by atoms with Gasteiger partial charge in [0.05, 0.1) is 18.9 Å². The molecule has 1 aromatic rings. The van der Waals surface area contributed by atoms with E-state index in [-0.39, 0.29) is 11.6 Å². The molecule has 0 saturated carbocycles. The average Bonchev–Trinajstić information content (AvgIpc) is 2.33. The average molecular weight is 226 g/mol. The van der Waals surface area contributed by atoms with Gasteiger partial charge in [0, 0.05) is 20.1 Å². The SMILES string of the molecule is CNc1nc(N2CCOCC2)nc(C)c1F. The van der Waals surface area contributed by atoms with E-state index in [0.29, 0.717) is 24.9 Å². The number of hydrogen-bond donors (Lipinski definition) is 1. The molecule has 1 fully saturated rings. The van der Waals surface area contributed by atoms with Gasteiger partial charge in [0.1, 0.15) is 0 Å². The fourth-order valence-corrected chi connectivity index (χ4v) is 1.61. The van der Waals surface area contributed by atoms with E-state index in [1.54, 1.807) is 14.0 Å². The summed E-state index contributed by atoms with van der Waals surface area (Å²) in [4.78, 5) is 10.3. The van der Waals surface area contributed by atoms with Gasteiger partial charge >= 0.3 is 0 Å². The molecule has 2 rings (SSSR count). The predicted octanol–water partition coefficient (Wildman–Crippen LogP) is 0.802. The second-order valence-electron chi connectivity index (χ2n) is 3.62. The summed E-state index contributed by atoms with van der Waals surface area (Å²) < 4.78 is 18.8. The van der Waals surface area contributed by atoms with Gasteiger partial charge in [-0.05, 0) is 6.92 Å². The van der Waals surface area contributed by atoms with Crippen LogP contribution in [0.4, 0.5) is 16.2 Å². The molecule has 0 amide bonds. The molecule has 0 aromatic carbocycles. The summed E-state index contributed by atoms with van der Waals surface area (Å²) in [6.07, 6.45) is 0. The molecule has 1 N–H and O–H groups in total. The third-order valence-electron chi connectivity index (χ3n) is 2.54. The molecule has 1 saturated heterocycles. The Balaban J connectivity index is 2.29. The van der Waals surface area contributed by atoms with Crippen LogP contribution in [-0.4, -0.2) is 43.3 Å². The largest absolute Gasteiger partial charge is 0.378 e. The quantitative estimate of drug-likeness (QED) is 0.808. The molecule has 88 valence electrons. The molecule has 0 spiro atoms. The topological polar surface area (TPSA) is 50.3 Å². The molecule has 1 aliphatic rings. The lowest BCUT2D eigenvalue weighted by Gasteiger charge is -2.27. The minimum Gasteiger partial charge on any atom is -0.378 e. The van der Waals surface area contributed by atoms with Crippen LogP contribution in [0.25, 0.3) is 0 Å². The Morgan fingerprint density at radius 3 is 2.62 bits per heavy atom.